The monoisotopic (exact) mass is 397 g/mol. The van der Waals surface area contributed by atoms with Crippen LogP contribution in [0.4, 0.5) is 14.6 Å². The molecule has 1 aliphatic carbocycles. The van der Waals surface area contributed by atoms with Crippen LogP contribution >= 0.6 is 0 Å². The Morgan fingerprint density at radius 3 is 2.90 bits per heavy atom. The first kappa shape index (κ1) is 17.9. The molecular weight excluding hydrogens is 376 g/mol. The lowest BCUT2D eigenvalue weighted by Crippen LogP contribution is -2.57. The van der Waals surface area contributed by atoms with Crippen LogP contribution in [0, 0.1) is 0 Å². The second-order valence-electron chi connectivity index (χ2n) is 7.71. The van der Waals surface area contributed by atoms with Gasteiger partial charge in [-0.1, -0.05) is 13.0 Å². The molecule has 1 aromatic carbocycles. The smallest absolute Gasteiger partial charge is 0.257 e. The first-order valence-corrected chi connectivity index (χ1v) is 9.44. The number of benzene rings is 1. The second-order valence-corrected chi connectivity index (χ2v) is 7.71. The first-order chi connectivity index (χ1) is 13.8. The summed E-state index contributed by atoms with van der Waals surface area (Å²) >= 11 is 0. The number of rotatable bonds is 5. The van der Waals surface area contributed by atoms with Crippen molar-refractivity contribution in [3.05, 3.63) is 59.7 Å². The Labute approximate surface area is 165 Å². The maximum atomic E-state index is 13.3. The number of nitrogens with two attached hydrogens (primary N) is 1. The Bertz CT molecular complexity index is 1130. The highest BCUT2D eigenvalue weighted by Crippen LogP contribution is 2.55. The van der Waals surface area contributed by atoms with Crippen molar-refractivity contribution in [1.82, 2.24) is 20.5 Å². The van der Waals surface area contributed by atoms with Gasteiger partial charge < -0.3 is 15.6 Å². The minimum atomic E-state index is -2.64. The van der Waals surface area contributed by atoms with Gasteiger partial charge >= 0.3 is 0 Å². The summed E-state index contributed by atoms with van der Waals surface area (Å²) in [6.45, 7) is 2.00. The minimum absolute atomic E-state index is 0.136. The molecule has 3 atom stereocenters. The van der Waals surface area contributed by atoms with Crippen LogP contribution < -0.4 is 16.4 Å². The van der Waals surface area contributed by atoms with E-state index in [2.05, 4.69) is 36.9 Å². The summed E-state index contributed by atoms with van der Waals surface area (Å²) in [5.74, 6) is -3.58. The third kappa shape index (κ3) is 3.17. The first-order valence-electron chi connectivity index (χ1n) is 9.44. The Hall–Kier alpha value is -3.20. The molecule has 3 aromatic rings. The quantitative estimate of drug-likeness (QED) is 0.455. The molecule has 9 heteroatoms. The third-order valence-corrected chi connectivity index (χ3v) is 5.66. The maximum Gasteiger partial charge on any atom is 0.257 e. The van der Waals surface area contributed by atoms with Crippen molar-refractivity contribution < 1.29 is 8.78 Å². The van der Waals surface area contributed by atoms with E-state index in [0.29, 0.717) is 17.3 Å². The van der Waals surface area contributed by atoms with E-state index < -0.39 is 17.6 Å². The summed E-state index contributed by atoms with van der Waals surface area (Å²) in [7, 11) is 0. The van der Waals surface area contributed by atoms with Crippen LogP contribution in [-0.4, -0.2) is 33.1 Å². The van der Waals surface area contributed by atoms with Gasteiger partial charge in [0.25, 0.3) is 5.92 Å². The van der Waals surface area contributed by atoms with E-state index in [0.717, 1.165) is 16.5 Å². The predicted molar refractivity (Wildman–Crippen MR) is 108 cm³/mol. The maximum absolute atomic E-state index is 13.3. The van der Waals surface area contributed by atoms with E-state index in [1.165, 1.54) is 0 Å². The van der Waals surface area contributed by atoms with E-state index in [9.17, 15) is 8.78 Å². The van der Waals surface area contributed by atoms with Crippen LogP contribution in [0.1, 0.15) is 36.4 Å². The van der Waals surface area contributed by atoms with E-state index in [-0.39, 0.29) is 12.3 Å². The largest absolute Gasteiger partial charge is 0.361 e. The number of fused-ring (bicyclic) bond motifs is 1. The molecule has 0 radical (unpaired) electrons. The molecule has 0 spiro atoms. The number of nitrogens with one attached hydrogen (secondary N) is 4. The van der Waals surface area contributed by atoms with Crippen molar-refractivity contribution in [2.75, 3.05) is 5.32 Å². The Kier molecular flexibility index (Phi) is 3.79. The highest BCUT2D eigenvalue weighted by atomic mass is 19.3. The van der Waals surface area contributed by atoms with Crippen LogP contribution in [0.15, 0.2) is 53.4 Å². The molecule has 5 rings (SSSR count). The van der Waals surface area contributed by atoms with Gasteiger partial charge in [0.15, 0.2) is 11.6 Å². The molecule has 0 saturated heterocycles. The summed E-state index contributed by atoms with van der Waals surface area (Å²) in [6.07, 6.45) is 5.12. The fourth-order valence-electron chi connectivity index (χ4n) is 3.68. The van der Waals surface area contributed by atoms with E-state index in [1.807, 2.05) is 31.3 Å². The standard InChI is InChI=1S/C20H21F2N7/c1-11(12-2-3-15-13(8-12)4-6-24-15)20(23)25-7-5-17(27-20)26-18-9-16(28-29-18)14-10-19(14,21)22/h2-9,11,14,24,27H,10,23H2,1H3,(H2,26,28,29)/t11-,14?,20?/m0/s1. The van der Waals surface area contributed by atoms with Crippen LogP contribution in [0.3, 0.4) is 0 Å². The normalized spacial score (nSPS) is 26.1. The van der Waals surface area contributed by atoms with Gasteiger partial charge in [-0.05, 0) is 35.2 Å². The van der Waals surface area contributed by atoms with Crippen LogP contribution in [0.5, 0.6) is 0 Å². The highest BCUT2D eigenvalue weighted by molar-refractivity contribution is 5.80. The van der Waals surface area contributed by atoms with Gasteiger partial charge in [0.2, 0.25) is 0 Å². The number of alkyl halides is 2. The lowest BCUT2D eigenvalue weighted by atomic mass is 9.92. The molecule has 1 aliphatic heterocycles. The number of H-pyrrole nitrogens is 2. The molecule has 6 N–H and O–H groups in total. The summed E-state index contributed by atoms with van der Waals surface area (Å²) in [5.41, 5.74) is 9.10. The molecule has 29 heavy (non-hydrogen) atoms. The second kappa shape index (κ2) is 6.15. The zero-order chi connectivity index (χ0) is 20.2. The van der Waals surface area contributed by atoms with Gasteiger partial charge in [0.1, 0.15) is 5.82 Å². The van der Waals surface area contributed by atoms with E-state index in [1.54, 1.807) is 18.4 Å². The topological polar surface area (TPSA) is 107 Å². The van der Waals surface area contributed by atoms with Crippen molar-refractivity contribution in [2.45, 2.75) is 36.9 Å². The number of aromatic nitrogens is 3. The van der Waals surface area contributed by atoms with Crippen molar-refractivity contribution in [2.24, 2.45) is 10.7 Å². The number of aromatic amines is 2. The molecule has 1 saturated carbocycles. The van der Waals surface area contributed by atoms with Crippen molar-refractivity contribution in [3.63, 3.8) is 0 Å². The predicted octanol–water partition coefficient (Wildman–Crippen LogP) is 3.36. The minimum Gasteiger partial charge on any atom is -0.361 e. The highest BCUT2D eigenvalue weighted by Gasteiger charge is 2.58. The molecule has 0 bridgehead atoms. The molecule has 0 amide bonds. The van der Waals surface area contributed by atoms with Gasteiger partial charge in [0, 0.05) is 42.0 Å². The number of hydrogen-bond acceptors (Lipinski definition) is 5. The number of hydrogen-bond donors (Lipinski definition) is 5. The van der Waals surface area contributed by atoms with Gasteiger partial charge in [0.05, 0.1) is 5.92 Å². The SMILES string of the molecule is C[C@@H](c1ccc2[nH]ccc2c1)C1(N)N=CC=C(Nc2cc(C3CC3(F)F)[nH]n2)N1. The van der Waals surface area contributed by atoms with Crippen LogP contribution in [0.2, 0.25) is 0 Å². The Morgan fingerprint density at radius 2 is 2.10 bits per heavy atom. The summed E-state index contributed by atoms with van der Waals surface area (Å²) in [4.78, 5) is 7.63. The van der Waals surface area contributed by atoms with Crippen molar-refractivity contribution in [1.29, 1.82) is 0 Å². The van der Waals surface area contributed by atoms with Crippen LogP contribution in [-0.2, 0) is 0 Å². The number of aliphatic imine (C=N–C) groups is 1. The van der Waals surface area contributed by atoms with E-state index >= 15 is 0 Å². The summed E-state index contributed by atoms with van der Waals surface area (Å²) in [6, 6.07) is 9.74. The summed E-state index contributed by atoms with van der Waals surface area (Å²) < 4.78 is 26.5. The third-order valence-electron chi connectivity index (χ3n) is 5.66. The zero-order valence-electron chi connectivity index (χ0n) is 15.7. The molecule has 2 aromatic heterocycles. The molecule has 2 unspecified atom stereocenters. The molecular formula is C20H21F2N7. The number of anilines is 1. The number of allylic oxidation sites excluding steroid dienone is 1. The number of halogens is 2. The molecule has 2 aliphatic rings. The average molecular weight is 397 g/mol. The molecule has 1 fully saturated rings. The van der Waals surface area contributed by atoms with Gasteiger partial charge in [-0.3, -0.25) is 15.8 Å². The Balaban J connectivity index is 1.31. The van der Waals surface area contributed by atoms with Gasteiger partial charge in [-0.15, -0.1) is 0 Å². The van der Waals surface area contributed by atoms with Crippen molar-refractivity contribution in [3.8, 4) is 0 Å². The molecule has 7 nitrogen and oxygen atoms in total. The fraction of sp³-hybridized carbons (Fsp3) is 0.300. The van der Waals surface area contributed by atoms with Gasteiger partial charge in [-0.2, -0.15) is 5.10 Å². The number of nitrogens with zero attached hydrogens (tertiary/aromatic N) is 2. The lowest BCUT2D eigenvalue weighted by Gasteiger charge is -2.36. The van der Waals surface area contributed by atoms with Gasteiger partial charge in [-0.25, -0.2) is 8.78 Å². The summed E-state index contributed by atoms with van der Waals surface area (Å²) in [5, 5.41) is 14.2. The fourth-order valence-corrected chi connectivity index (χ4v) is 3.68. The molecule has 150 valence electrons. The van der Waals surface area contributed by atoms with E-state index in [4.69, 9.17) is 5.73 Å². The molecule has 3 heterocycles. The van der Waals surface area contributed by atoms with Crippen LogP contribution in [0.25, 0.3) is 10.9 Å². The zero-order valence-corrected chi connectivity index (χ0v) is 15.7. The Morgan fingerprint density at radius 1 is 1.28 bits per heavy atom. The lowest BCUT2D eigenvalue weighted by molar-refractivity contribution is 0.111. The average Bonchev–Trinajstić information content (AvgIpc) is 3.08. The van der Waals surface area contributed by atoms with Crippen molar-refractivity contribution >= 4 is 22.9 Å².